The molecule has 2 amide bonds. The van der Waals surface area contributed by atoms with Crippen LogP contribution in [0.15, 0.2) is 54.9 Å². The minimum absolute atomic E-state index is 0.0228. The van der Waals surface area contributed by atoms with Crippen LogP contribution < -0.4 is 5.32 Å². The number of carbonyl (C=O) groups is 2. The first-order chi connectivity index (χ1) is 15.0. The SMILES string of the molecule is O=C1NC(=O)C(c2cn(CC(O)CO)c3cc(O)ccc23)=C1c1c[nH]c2ccccc12. The average Bonchev–Trinajstić information content (AvgIpc) is 3.41. The second-order valence-electron chi connectivity index (χ2n) is 7.51. The van der Waals surface area contributed by atoms with E-state index in [-0.39, 0.29) is 23.4 Å². The summed E-state index contributed by atoms with van der Waals surface area (Å²) in [5, 5.41) is 33.0. The van der Waals surface area contributed by atoms with Crippen molar-refractivity contribution in [1.29, 1.82) is 0 Å². The Labute approximate surface area is 176 Å². The molecule has 3 heterocycles. The van der Waals surface area contributed by atoms with Crippen molar-refractivity contribution in [2.45, 2.75) is 12.6 Å². The van der Waals surface area contributed by atoms with Gasteiger partial charge in [0.15, 0.2) is 0 Å². The molecule has 0 aliphatic carbocycles. The number of amides is 2. The summed E-state index contributed by atoms with van der Waals surface area (Å²) in [5.41, 5.74) is 3.02. The van der Waals surface area contributed by atoms with Gasteiger partial charge in [-0.3, -0.25) is 14.9 Å². The van der Waals surface area contributed by atoms with Crippen molar-refractivity contribution in [1.82, 2.24) is 14.9 Å². The third-order valence-corrected chi connectivity index (χ3v) is 5.54. The van der Waals surface area contributed by atoms with Gasteiger partial charge in [-0.1, -0.05) is 18.2 Å². The Morgan fingerprint density at radius 1 is 0.968 bits per heavy atom. The van der Waals surface area contributed by atoms with Crippen LogP contribution in [0.3, 0.4) is 0 Å². The summed E-state index contributed by atoms with van der Waals surface area (Å²) in [7, 11) is 0. The molecule has 1 atom stereocenters. The molecule has 0 saturated carbocycles. The molecule has 31 heavy (non-hydrogen) atoms. The summed E-state index contributed by atoms with van der Waals surface area (Å²) in [5.74, 6) is -0.977. The first-order valence-corrected chi connectivity index (χ1v) is 9.75. The van der Waals surface area contributed by atoms with Gasteiger partial charge in [-0.15, -0.1) is 0 Å². The number of H-pyrrole nitrogens is 1. The van der Waals surface area contributed by atoms with Crippen molar-refractivity contribution >= 4 is 44.8 Å². The first kappa shape index (κ1) is 19.1. The van der Waals surface area contributed by atoms with Crippen LogP contribution in [0.4, 0.5) is 0 Å². The summed E-state index contributed by atoms with van der Waals surface area (Å²) < 4.78 is 1.65. The predicted molar refractivity (Wildman–Crippen MR) is 115 cm³/mol. The van der Waals surface area contributed by atoms with Crippen molar-refractivity contribution in [3.05, 3.63) is 66.0 Å². The van der Waals surface area contributed by atoms with Crippen LogP contribution in [0.2, 0.25) is 0 Å². The Balaban J connectivity index is 1.79. The number of fused-ring (bicyclic) bond motifs is 2. The highest BCUT2D eigenvalue weighted by Crippen LogP contribution is 2.38. The standard InChI is InChI=1S/C23H19N3O5/c27-11-13(29)9-26-10-17(15-6-5-12(28)7-19(15)26)21-20(22(30)25-23(21)31)16-8-24-18-4-2-1-3-14(16)18/h1-8,10,13,24,27-29H,9,11H2,(H,25,30,31). The van der Waals surface area contributed by atoms with E-state index in [0.29, 0.717) is 22.0 Å². The number of carbonyl (C=O) groups excluding carboxylic acids is 2. The number of phenolic OH excluding ortho intramolecular Hbond substituents is 1. The molecule has 8 heteroatoms. The highest BCUT2D eigenvalue weighted by Gasteiger charge is 2.35. The molecule has 5 rings (SSSR count). The number of hydrogen-bond acceptors (Lipinski definition) is 5. The quantitative estimate of drug-likeness (QED) is 0.316. The molecule has 1 aliphatic rings. The number of imide groups is 1. The molecule has 0 fully saturated rings. The van der Waals surface area contributed by atoms with Gasteiger partial charge in [0.1, 0.15) is 5.75 Å². The molecule has 0 bridgehead atoms. The highest BCUT2D eigenvalue weighted by atomic mass is 16.3. The van der Waals surface area contributed by atoms with E-state index in [1.165, 1.54) is 12.1 Å². The fraction of sp³-hybridized carbons (Fsp3) is 0.130. The number of nitrogens with zero attached hydrogens (tertiary/aromatic N) is 1. The smallest absolute Gasteiger partial charge is 0.259 e. The summed E-state index contributed by atoms with van der Waals surface area (Å²) in [6, 6.07) is 12.2. The Morgan fingerprint density at radius 3 is 2.48 bits per heavy atom. The van der Waals surface area contributed by atoms with E-state index in [4.69, 9.17) is 0 Å². The highest BCUT2D eigenvalue weighted by molar-refractivity contribution is 6.50. The minimum Gasteiger partial charge on any atom is -0.508 e. The maximum absolute atomic E-state index is 12.9. The van der Waals surface area contributed by atoms with E-state index in [0.717, 1.165) is 10.9 Å². The molecule has 1 unspecified atom stereocenters. The Bertz CT molecular complexity index is 1400. The molecule has 2 aromatic carbocycles. The van der Waals surface area contributed by atoms with E-state index in [2.05, 4.69) is 10.3 Å². The number of aromatic hydroxyl groups is 1. The lowest BCUT2D eigenvalue weighted by molar-refractivity contribution is -0.122. The normalized spacial score (nSPS) is 15.3. The maximum atomic E-state index is 12.9. The molecule has 0 radical (unpaired) electrons. The number of phenols is 1. The second kappa shape index (κ2) is 7.12. The van der Waals surface area contributed by atoms with Gasteiger partial charge < -0.3 is 24.9 Å². The predicted octanol–water partition coefficient (Wildman–Crippen LogP) is 1.75. The first-order valence-electron chi connectivity index (χ1n) is 9.75. The van der Waals surface area contributed by atoms with Crippen molar-refractivity contribution < 1.29 is 24.9 Å². The van der Waals surface area contributed by atoms with Crippen LogP contribution in [-0.2, 0) is 16.1 Å². The molecule has 4 aromatic rings. The zero-order chi connectivity index (χ0) is 21.7. The van der Waals surface area contributed by atoms with Crippen LogP contribution in [-0.4, -0.2) is 49.4 Å². The summed E-state index contributed by atoms with van der Waals surface area (Å²) in [6.07, 6.45) is 2.34. The van der Waals surface area contributed by atoms with Gasteiger partial charge in [-0.25, -0.2) is 0 Å². The number of benzene rings is 2. The van der Waals surface area contributed by atoms with Gasteiger partial charge >= 0.3 is 0 Å². The van der Waals surface area contributed by atoms with Crippen LogP contribution in [0.25, 0.3) is 33.0 Å². The minimum atomic E-state index is -1.02. The number of aliphatic hydroxyl groups is 2. The molecule has 1 aliphatic heterocycles. The maximum Gasteiger partial charge on any atom is 0.259 e. The fourth-order valence-electron chi connectivity index (χ4n) is 4.16. The fourth-order valence-corrected chi connectivity index (χ4v) is 4.16. The molecular weight excluding hydrogens is 398 g/mol. The van der Waals surface area contributed by atoms with Gasteiger partial charge in [-0.05, 0) is 18.2 Å². The largest absolute Gasteiger partial charge is 0.508 e. The number of aromatic amines is 1. The third-order valence-electron chi connectivity index (χ3n) is 5.54. The topological polar surface area (TPSA) is 128 Å². The molecule has 2 aromatic heterocycles. The Hall–Kier alpha value is -3.88. The second-order valence-corrected chi connectivity index (χ2v) is 7.51. The third kappa shape index (κ3) is 3.00. The van der Waals surface area contributed by atoms with Crippen molar-refractivity contribution in [2.75, 3.05) is 6.61 Å². The van der Waals surface area contributed by atoms with Gasteiger partial charge in [0.05, 0.1) is 35.9 Å². The van der Waals surface area contributed by atoms with E-state index in [1.807, 2.05) is 24.3 Å². The van der Waals surface area contributed by atoms with E-state index in [9.17, 15) is 24.9 Å². The number of aromatic nitrogens is 2. The lowest BCUT2D eigenvalue weighted by atomic mass is 9.95. The average molecular weight is 417 g/mol. The van der Waals surface area contributed by atoms with Gasteiger partial charge in [0.25, 0.3) is 11.8 Å². The number of aliphatic hydroxyl groups excluding tert-OH is 2. The zero-order valence-corrected chi connectivity index (χ0v) is 16.3. The monoisotopic (exact) mass is 417 g/mol. The van der Waals surface area contributed by atoms with Crippen LogP contribution in [0.5, 0.6) is 5.75 Å². The van der Waals surface area contributed by atoms with Gasteiger partial charge in [-0.2, -0.15) is 0 Å². The zero-order valence-electron chi connectivity index (χ0n) is 16.3. The summed E-state index contributed by atoms with van der Waals surface area (Å²) >= 11 is 0. The number of rotatable bonds is 5. The Kier molecular flexibility index (Phi) is 4.39. The number of hydrogen-bond donors (Lipinski definition) is 5. The van der Waals surface area contributed by atoms with E-state index < -0.39 is 24.5 Å². The molecule has 8 nitrogen and oxygen atoms in total. The summed E-state index contributed by atoms with van der Waals surface area (Å²) in [4.78, 5) is 28.8. The van der Waals surface area contributed by atoms with Crippen molar-refractivity contribution in [3.63, 3.8) is 0 Å². The van der Waals surface area contributed by atoms with Crippen molar-refractivity contribution in [3.8, 4) is 5.75 Å². The molecule has 5 N–H and O–H groups in total. The number of para-hydroxylation sites is 1. The van der Waals surface area contributed by atoms with Gasteiger partial charge in [0, 0.05) is 45.9 Å². The molecule has 0 spiro atoms. The van der Waals surface area contributed by atoms with E-state index in [1.54, 1.807) is 23.0 Å². The van der Waals surface area contributed by atoms with Crippen molar-refractivity contribution in [2.24, 2.45) is 0 Å². The molecule has 156 valence electrons. The number of nitrogens with one attached hydrogen (secondary N) is 2. The van der Waals surface area contributed by atoms with Gasteiger partial charge in [0.2, 0.25) is 0 Å². The lowest BCUT2D eigenvalue weighted by Gasteiger charge is -2.09. The van der Waals surface area contributed by atoms with Crippen LogP contribution in [0, 0.1) is 0 Å². The molecular formula is C23H19N3O5. The van der Waals surface area contributed by atoms with E-state index >= 15 is 0 Å². The summed E-state index contributed by atoms with van der Waals surface area (Å²) in [6.45, 7) is -0.377. The lowest BCUT2D eigenvalue weighted by Crippen LogP contribution is -2.22. The Morgan fingerprint density at radius 2 is 1.71 bits per heavy atom. The van der Waals surface area contributed by atoms with Crippen LogP contribution in [0.1, 0.15) is 11.1 Å². The molecule has 0 saturated heterocycles. The van der Waals surface area contributed by atoms with Crippen LogP contribution >= 0.6 is 0 Å².